The lowest BCUT2D eigenvalue weighted by Gasteiger charge is -2.28. The Bertz CT molecular complexity index is 2810. The first-order chi connectivity index (χ1) is 25.8. The maximum Gasteiger partial charge on any atom is 0.227 e. The minimum absolute atomic E-state index is 0.582. The zero-order chi connectivity index (χ0) is 34.4. The highest BCUT2D eigenvalue weighted by atomic mass is 32.1. The molecule has 0 unspecified atom stereocenters. The lowest BCUT2D eigenvalue weighted by molar-refractivity contribution is 0.623. The first-order valence-corrected chi connectivity index (χ1v) is 18.2. The number of benzene rings is 8. The number of hydrogen-bond acceptors (Lipinski definition) is 5. The molecule has 8 aromatic carbocycles. The van der Waals surface area contributed by atoms with Crippen molar-refractivity contribution < 1.29 is 4.42 Å². The van der Waals surface area contributed by atoms with E-state index < -0.39 is 0 Å². The van der Waals surface area contributed by atoms with Crippen LogP contribution in [0.25, 0.3) is 53.5 Å². The molecule has 0 aliphatic carbocycles. The zero-order valence-corrected chi connectivity index (χ0v) is 28.9. The van der Waals surface area contributed by atoms with Gasteiger partial charge in [-0.3, -0.25) is 0 Å². The van der Waals surface area contributed by atoms with Crippen molar-refractivity contribution in [2.75, 3.05) is 9.80 Å². The Hall–Kier alpha value is -6.69. The number of hydrogen-bond donors (Lipinski definition) is 0. The van der Waals surface area contributed by atoms with E-state index in [4.69, 9.17) is 9.40 Å². The molecule has 4 nitrogen and oxygen atoms in total. The third-order valence-corrected chi connectivity index (χ3v) is 10.8. The third-order valence-electron chi connectivity index (χ3n) is 9.63. The average Bonchev–Trinajstić information content (AvgIpc) is 3.83. The van der Waals surface area contributed by atoms with Gasteiger partial charge in [-0.15, -0.1) is 11.3 Å². The van der Waals surface area contributed by atoms with E-state index in [1.54, 1.807) is 0 Å². The number of rotatable bonds is 7. The van der Waals surface area contributed by atoms with Crippen LogP contribution >= 0.6 is 11.3 Å². The maximum atomic E-state index is 6.97. The van der Waals surface area contributed by atoms with Gasteiger partial charge in [-0.2, -0.15) is 0 Å². The van der Waals surface area contributed by atoms with Crippen molar-refractivity contribution in [3.05, 3.63) is 188 Å². The van der Waals surface area contributed by atoms with Gasteiger partial charge < -0.3 is 14.2 Å². The molecular weight excluding hydrogens is 655 g/mol. The van der Waals surface area contributed by atoms with Gasteiger partial charge >= 0.3 is 0 Å². The van der Waals surface area contributed by atoms with Crippen LogP contribution in [-0.4, -0.2) is 4.98 Å². The smallest absolute Gasteiger partial charge is 0.227 e. The highest BCUT2D eigenvalue weighted by molar-refractivity contribution is 7.26. The number of thiophene rings is 1. The van der Waals surface area contributed by atoms with Crippen molar-refractivity contribution >= 4 is 87.5 Å². The molecule has 0 spiro atoms. The fourth-order valence-corrected chi connectivity index (χ4v) is 8.55. The molecule has 10 rings (SSSR count). The van der Waals surface area contributed by atoms with Gasteiger partial charge in [0, 0.05) is 38.1 Å². The van der Waals surface area contributed by atoms with E-state index in [1.807, 2.05) is 41.7 Å². The van der Waals surface area contributed by atoms with Crippen molar-refractivity contribution in [1.82, 2.24) is 4.98 Å². The van der Waals surface area contributed by atoms with Crippen molar-refractivity contribution in [2.24, 2.45) is 0 Å². The molecule has 0 N–H and O–H groups in total. The first-order valence-electron chi connectivity index (χ1n) is 17.4. The zero-order valence-electron chi connectivity index (χ0n) is 28.1. The van der Waals surface area contributed by atoms with Gasteiger partial charge in [-0.25, -0.2) is 4.98 Å². The molecule has 2 aromatic heterocycles. The molecular formula is C47H31N3OS. The SMILES string of the molecule is c1ccc(-c2nc3c(N(c4ccccc4)c4ccccc4)cc4cccc(N(c5ccccc5)c5cccc6c5sc5ccccc56)c4c3o2)cc1. The fourth-order valence-electron chi connectivity index (χ4n) is 7.34. The molecule has 0 amide bonds. The van der Waals surface area contributed by atoms with Crippen LogP contribution in [0.4, 0.5) is 34.1 Å². The van der Waals surface area contributed by atoms with Gasteiger partial charge in [0.1, 0.15) is 5.52 Å². The standard InChI is InChI=1S/C47H31N3OS/c1-5-17-32(18-6-1)47-48-44-41(49(34-20-7-2-8-21-34)35-22-9-3-10-23-35)31-33-19-15-28-39(43(33)45(44)51-47)50(36-24-11-4-12-25-36)40-29-16-27-38-37-26-13-14-30-42(37)52-46(38)40/h1-31H. The summed E-state index contributed by atoms with van der Waals surface area (Å²) in [6.07, 6.45) is 0. The Kier molecular flexibility index (Phi) is 7.29. The number of anilines is 6. The molecule has 0 aliphatic rings. The fraction of sp³-hybridized carbons (Fsp3) is 0. The third kappa shape index (κ3) is 5.02. The lowest BCUT2D eigenvalue weighted by Crippen LogP contribution is -2.12. The largest absolute Gasteiger partial charge is 0.435 e. The Morgan fingerprint density at radius 1 is 0.462 bits per heavy atom. The molecule has 0 aliphatic heterocycles. The topological polar surface area (TPSA) is 32.5 Å². The van der Waals surface area contributed by atoms with Crippen LogP contribution in [0.1, 0.15) is 0 Å². The molecule has 0 atom stereocenters. The maximum absolute atomic E-state index is 6.97. The summed E-state index contributed by atoms with van der Waals surface area (Å²) in [6, 6.07) is 65.9. The molecule has 10 aromatic rings. The average molecular weight is 686 g/mol. The number of oxazole rings is 1. The van der Waals surface area contributed by atoms with Crippen LogP contribution in [-0.2, 0) is 0 Å². The second kappa shape index (κ2) is 12.6. The molecule has 246 valence electrons. The molecule has 0 saturated heterocycles. The molecule has 52 heavy (non-hydrogen) atoms. The van der Waals surface area contributed by atoms with Crippen molar-refractivity contribution in [3.8, 4) is 11.5 Å². The van der Waals surface area contributed by atoms with E-state index in [0.717, 1.165) is 61.6 Å². The summed E-state index contributed by atoms with van der Waals surface area (Å²) in [5.74, 6) is 0.582. The van der Waals surface area contributed by atoms with Gasteiger partial charge in [-0.1, -0.05) is 115 Å². The Morgan fingerprint density at radius 3 is 1.71 bits per heavy atom. The van der Waals surface area contributed by atoms with Crippen LogP contribution in [0, 0.1) is 0 Å². The monoisotopic (exact) mass is 685 g/mol. The predicted octanol–water partition coefficient (Wildman–Crippen LogP) is 14.0. The van der Waals surface area contributed by atoms with Gasteiger partial charge in [0.2, 0.25) is 5.89 Å². The van der Waals surface area contributed by atoms with Crippen LogP contribution < -0.4 is 9.80 Å². The minimum atomic E-state index is 0.582. The second-order valence-electron chi connectivity index (χ2n) is 12.8. The molecule has 0 bridgehead atoms. The van der Waals surface area contributed by atoms with Crippen LogP contribution in [0.3, 0.4) is 0 Å². The van der Waals surface area contributed by atoms with Crippen molar-refractivity contribution in [3.63, 3.8) is 0 Å². The van der Waals surface area contributed by atoms with Gasteiger partial charge in [0.25, 0.3) is 0 Å². The van der Waals surface area contributed by atoms with Crippen LogP contribution in [0.15, 0.2) is 192 Å². The summed E-state index contributed by atoms with van der Waals surface area (Å²) < 4.78 is 9.47. The molecule has 0 saturated carbocycles. The normalized spacial score (nSPS) is 11.5. The Balaban J connectivity index is 1.30. The molecule has 5 heteroatoms. The highest BCUT2D eigenvalue weighted by Crippen LogP contribution is 2.50. The quantitative estimate of drug-likeness (QED) is 0.167. The van der Waals surface area contributed by atoms with Crippen LogP contribution in [0.5, 0.6) is 0 Å². The second-order valence-corrected chi connectivity index (χ2v) is 13.8. The lowest BCUT2D eigenvalue weighted by atomic mass is 10.0. The summed E-state index contributed by atoms with van der Waals surface area (Å²) in [5.41, 5.74) is 8.68. The number of nitrogens with zero attached hydrogens (tertiary/aromatic N) is 3. The van der Waals surface area contributed by atoms with Gasteiger partial charge in [-0.05, 0) is 78.2 Å². The number of fused-ring (bicyclic) bond motifs is 6. The Morgan fingerprint density at radius 2 is 1.02 bits per heavy atom. The van der Waals surface area contributed by atoms with E-state index >= 15 is 0 Å². The summed E-state index contributed by atoms with van der Waals surface area (Å²) in [4.78, 5) is 9.97. The summed E-state index contributed by atoms with van der Waals surface area (Å²) in [5, 5.41) is 4.57. The highest BCUT2D eigenvalue weighted by Gasteiger charge is 2.26. The van der Waals surface area contributed by atoms with E-state index in [0.29, 0.717) is 5.89 Å². The Labute approximate surface area is 305 Å². The van der Waals surface area contributed by atoms with E-state index in [2.05, 4.69) is 168 Å². The van der Waals surface area contributed by atoms with Gasteiger partial charge in [0.15, 0.2) is 5.58 Å². The summed E-state index contributed by atoms with van der Waals surface area (Å²) in [7, 11) is 0. The van der Waals surface area contributed by atoms with Crippen LogP contribution in [0.2, 0.25) is 0 Å². The minimum Gasteiger partial charge on any atom is -0.435 e. The molecule has 0 fully saturated rings. The van der Waals surface area contributed by atoms with E-state index in [1.165, 1.54) is 20.2 Å². The first kappa shape index (κ1) is 30.2. The number of aromatic nitrogens is 1. The summed E-state index contributed by atoms with van der Waals surface area (Å²) in [6.45, 7) is 0. The molecule has 2 heterocycles. The van der Waals surface area contributed by atoms with Crippen molar-refractivity contribution in [2.45, 2.75) is 0 Å². The predicted molar refractivity (Wildman–Crippen MR) is 219 cm³/mol. The number of para-hydroxylation sites is 3. The van der Waals surface area contributed by atoms with E-state index in [-0.39, 0.29) is 0 Å². The van der Waals surface area contributed by atoms with E-state index in [9.17, 15) is 0 Å². The summed E-state index contributed by atoms with van der Waals surface area (Å²) >= 11 is 1.83. The van der Waals surface area contributed by atoms with Gasteiger partial charge in [0.05, 0.1) is 27.1 Å². The molecule has 0 radical (unpaired) electrons. The van der Waals surface area contributed by atoms with Crippen molar-refractivity contribution in [1.29, 1.82) is 0 Å².